The van der Waals surface area contributed by atoms with Crippen LogP contribution < -0.4 is 5.32 Å². The van der Waals surface area contributed by atoms with Gasteiger partial charge in [0.25, 0.3) is 5.91 Å². The van der Waals surface area contributed by atoms with Gasteiger partial charge in [-0.3, -0.25) is 4.79 Å². The van der Waals surface area contributed by atoms with Crippen molar-refractivity contribution in [3.05, 3.63) is 76.6 Å². The Morgan fingerprint density at radius 2 is 2.03 bits per heavy atom. The molecule has 5 heterocycles. The minimum Gasteiger partial charge on any atom is -0.346 e. The SMILES string of the molecule is Cc1ncncc1C(=O)N1CCc2cc(-c3cnc4[nH]cc(C)c4c3)cc([C@@H]3CCCN3)c2C1. The molecule has 1 fully saturated rings. The molecule has 6 rings (SSSR count). The number of rotatable bonds is 3. The second-order valence-electron chi connectivity index (χ2n) is 9.44. The summed E-state index contributed by atoms with van der Waals surface area (Å²) in [5.74, 6) is 0.00995. The fraction of sp³-hybridized carbons (Fsp3) is 0.333. The highest BCUT2D eigenvalue weighted by Gasteiger charge is 2.29. The molecule has 0 radical (unpaired) electrons. The molecule has 34 heavy (non-hydrogen) atoms. The summed E-state index contributed by atoms with van der Waals surface area (Å²) in [4.78, 5) is 31.4. The lowest BCUT2D eigenvalue weighted by molar-refractivity contribution is 0.0732. The second kappa shape index (κ2) is 8.33. The maximum absolute atomic E-state index is 13.3. The number of pyridine rings is 1. The number of H-pyrrole nitrogens is 1. The van der Waals surface area contributed by atoms with Crippen molar-refractivity contribution >= 4 is 16.9 Å². The molecule has 172 valence electrons. The van der Waals surface area contributed by atoms with Gasteiger partial charge in [0.2, 0.25) is 0 Å². The summed E-state index contributed by atoms with van der Waals surface area (Å²) in [6.45, 7) is 6.31. The highest BCUT2D eigenvalue weighted by molar-refractivity contribution is 5.95. The summed E-state index contributed by atoms with van der Waals surface area (Å²) in [7, 11) is 0. The van der Waals surface area contributed by atoms with Crippen LogP contribution in [0.25, 0.3) is 22.2 Å². The summed E-state index contributed by atoms with van der Waals surface area (Å²) < 4.78 is 0. The zero-order valence-corrected chi connectivity index (χ0v) is 19.6. The predicted molar refractivity (Wildman–Crippen MR) is 131 cm³/mol. The summed E-state index contributed by atoms with van der Waals surface area (Å²) in [6, 6.07) is 7.17. The quantitative estimate of drug-likeness (QED) is 0.485. The minimum atomic E-state index is 0.00995. The number of aryl methyl sites for hydroxylation is 2. The smallest absolute Gasteiger partial charge is 0.257 e. The van der Waals surface area contributed by atoms with Gasteiger partial charge in [-0.05, 0) is 79.6 Å². The molecule has 7 nitrogen and oxygen atoms in total. The molecule has 0 spiro atoms. The molecule has 2 aliphatic heterocycles. The van der Waals surface area contributed by atoms with Crippen molar-refractivity contribution in [3.8, 4) is 11.1 Å². The Morgan fingerprint density at radius 1 is 1.12 bits per heavy atom. The molecule has 3 aromatic heterocycles. The van der Waals surface area contributed by atoms with Gasteiger partial charge in [-0.1, -0.05) is 6.07 Å². The van der Waals surface area contributed by atoms with Gasteiger partial charge >= 0.3 is 0 Å². The van der Waals surface area contributed by atoms with Gasteiger partial charge in [0.15, 0.2) is 0 Å². The Bertz CT molecular complexity index is 1400. The van der Waals surface area contributed by atoms with E-state index in [1.165, 1.54) is 40.6 Å². The van der Waals surface area contributed by atoms with Crippen LogP contribution in [-0.2, 0) is 13.0 Å². The van der Waals surface area contributed by atoms with Crippen molar-refractivity contribution in [2.45, 2.75) is 45.7 Å². The lowest BCUT2D eigenvalue weighted by atomic mass is 9.87. The van der Waals surface area contributed by atoms with E-state index in [1.54, 1.807) is 6.20 Å². The lowest BCUT2D eigenvalue weighted by Crippen LogP contribution is -2.37. The Balaban J connectivity index is 1.41. The first-order valence-electron chi connectivity index (χ1n) is 12.0. The number of hydrogen-bond acceptors (Lipinski definition) is 5. The van der Waals surface area contributed by atoms with E-state index in [4.69, 9.17) is 0 Å². The Hall–Kier alpha value is -3.58. The number of aromatic amines is 1. The van der Waals surface area contributed by atoms with Crippen molar-refractivity contribution in [2.75, 3.05) is 13.1 Å². The van der Waals surface area contributed by atoms with Crippen molar-refractivity contribution < 1.29 is 4.79 Å². The van der Waals surface area contributed by atoms with Gasteiger partial charge in [0.1, 0.15) is 12.0 Å². The number of fused-ring (bicyclic) bond motifs is 2. The Kier molecular flexibility index (Phi) is 5.14. The number of carbonyl (C=O) groups is 1. The topological polar surface area (TPSA) is 86.8 Å². The minimum absolute atomic E-state index is 0.00995. The van der Waals surface area contributed by atoms with Crippen LogP contribution in [0, 0.1) is 13.8 Å². The molecule has 4 aromatic rings. The van der Waals surface area contributed by atoms with Gasteiger partial charge in [-0.2, -0.15) is 0 Å². The van der Waals surface area contributed by atoms with E-state index in [2.05, 4.69) is 50.4 Å². The van der Waals surface area contributed by atoms with E-state index in [9.17, 15) is 4.79 Å². The number of carbonyl (C=O) groups excluding carboxylic acids is 1. The predicted octanol–water partition coefficient (Wildman–Crippen LogP) is 4.26. The van der Waals surface area contributed by atoms with Crippen LogP contribution in [0.3, 0.4) is 0 Å². The molecule has 1 atom stereocenters. The largest absolute Gasteiger partial charge is 0.346 e. The summed E-state index contributed by atoms with van der Waals surface area (Å²) >= 11 is 0. The highest BCUT2D eigenvalue weighted by Crippen LogP contribution is 2.36. The van der Waals surface area contributed by atoms with E-state index in [0.29, 0.717) is 24.7 Å². The van der Waals surface area contributed by atoms with Crippen LogP contribution in [-0.4, -0.2) is 43.8 Å². The van der Waals surface area contributed by atoms with Crippen LogP contribution in [0.4, 0.5) is 0 Å². The molecule has 2 aliphatic rings. The van der Waals surface area contributed by atoms with Gasteiger partial charge in [0.05, 0.1) is 11.3 Å². The molecule has 1 amide bonds. The van der Waals surface area contributed by atoms with E-state index in [1.807, 2.05) is 24.2 Å². The second-order valence-corrected chi connectivity index (χ2v) is 9.44. The van der Waals surface area contributed by atoms with Crippen molar-refractivity contribution in [2.24, 2.45) is 0 Å². The van der Waals surface area contributed by atoms with Crippen molar-refractivity contribution in [3.63, 3.8) is 0 Å². The first-order chi connectivity index (χ1) is 16.6. The van der Waals surface area contributed by atoms with Gasteiger partial charge in [-0.15, -0.1) is 0 Å². The highest BCUT2D eigenvalue weighted by atomic mass is 16.2. The van der Waals surface area contributed by atoms with E-state index >= 15 is 0 Å². The van der Waals surface area contributed by atoms with Gasteiger partial charge in [0, 0.05) is 48.7 Å². The summed E-state index contributed by atoms with van der Waals surface area (Å²) in [5, 5.41) is 4.84. The van der Waals surface area contributed by atoms with Crippen LogP contribution in [0.5, 0.6) is 0 Å². The third-order valence-electron chi connectivity index (χ3n) is 7.31. The van der Waals surface area contributed by atoms with E-state index in [0.717, 1.165) is 41.7 Å². The number of aromatic nitrogens is 4. The van der Waals surface area contributed by atoms with Crippen LogP contribution in [0.1, 0.15) is 57.2 Å². The van der Waals surface area contributed by atoms with E-state index < -0.39 is 0 Å². The average molecular weight is 453 g/mol. The monoisotopic (exact) mass is 452 g/mol. The summed E-state index contributed by atoms with van der Waals surface area (Å²) in [6.07, 6.45) is 10.2. The third kappa shape index (κ3) is 3.56. The normalized spacial score (nSPS) is 17.8. The molecule has 7 heteroatoms. The van der Waals surface area contributed by atoms with Crippen LogP contribution in [0.15, 0.2) is 43.1 Å². The molecule has 0 aliphatic carbocycles. The van der Waals surface area contributed by atoms with Gasteiger partial charge in [-0.25, -0.2) is 15.0 Å². The zero-order chi connectivity index (χ0) is 23.2. The van der Waals surface area contributed by atoms with E-state index in [-0.39, 0.29) is 5.91 Å². The molecule has 0 bridgehead atoms. The maximum Gasteiger partial charge on any atom is 0.257 e. The molecular weight excluding hydrogens is 424 g/mol. The lowest BCUT2D eigenvalue weighted by Gasteiger charge is -2.32. The van der Waals surface area contributed by atoms with Gasteiger partial charge < -0.3 is 15.2 Å². The van der Waals surface area contributed by atoms with Crippen LogP contribution >= 0.6 is 0 Å². The first kappa shape index (κ1) is 21.0. The number of hydrogen-bond donors (Lipinski definition) is 2. The Morgan fingerprint density at radius 3 is 2.85 bits per heavy atom. The third-order valence-corrected chi connectivity index (χ3v) is 7.31. The maximum atomic E-state index is 13.3. The summed E-state index contributed by atoms with van der Waals surface area (Å²) in [5.41, 5.74) is 9.69. The number of amides is 1. The molecule has 0 unspecified atom stereocenters. The van der Waals surface area contributed by atoms with Crippen molar-refractivity contribution in [1.82, 2.24) is 30.2 Å². The first-order valence-corrected chi connectivity index (χ1v) is 12.0. The molecule has 2 N–H and O–H groups in total. The molecule has 1 aromatic carbocycles. The fourth-order valence-electron chi connectivity index (χ4n) is 5.36. The van der Waals surface area contributed by atoms with Crippen LogP contribution in [0.2, 0.25) is 0 Å². The zero-order valence-electron chi connectivity index (χ0n) is 19.6. The molecular formula is C27H28N6O. The molecule has 1 saturated heterocycles. The number of benzene rings is 1. The average Bonchev–Trinajstić information content (AvgIpc) is 3.53. The standard InChI is InChI=1S/C27H28N6O/c1-16-11-30-26-21(16)10-20(12-31-26)19-8-18-5-7-33(27(34)23-13-28-15-32-17(23)2)14-24(18)22(9-19)25-4-3-6-29-25/h8-13,15,25,29H,3-7,14H2,1-2H3,(H,30,31)/t25-/m0/s1. The Labute approximate surface area is 198 Å². The molecule has 0 saturated carbocycles. The fourth-order valence-corrected chi connectivity index (χ4v) is 5.36. The number of nitrogens with zero attached hydrogens (tertiary/aromatic N) is 4. The number of nitrogens with one attached hydrogen (secondary N) is 2. The van der Waals surface area contributed by atoms with Crippen molar-refractivity contribution in [1.29, 1.82) is 0 Å².